The second kappa shape index (κ2) is 8.35. The molecule has 5 nitrogen and oxygen atoms in total. The summed E-state index contributed by atoms with van der Waals surface area (Å²) >= 11 is 6.41. The first-order valence-electron chi connectivity index (χ1n) is 9.65. The quantitative estimate of drug-likeness (QED) is 0.653. The number of piperidine rings is 1. The van der Waals surface area contributed by atoms with Gasteiger partial charge in [0.15, 0.2) is 0 Å². The zero-order valence-corrected chi connectivity index (χ0v) is 16.8. The molecule has 1 aliphatic rings. The number of nitrogens with one attached hydrogen (secondary N) is 2. The van der Waals surface area contributed by atoms with Crippen molar-refractivity contribution in [2.24, 2.45) is 0 Å². The van der Waals surface area contributed by atoms with Gasteiger partial charge in [-0.15, -0.1) is 0 Å². The summed E-state index contributed by atoms with van der Waals surface area (Å²) in [6.07, 6.45) is 3.37. The van der Waals surface area contributed by atoms with Gasteiger partial charge in [-0.25, -0.2) is 9.07 Å². The molecule has 2 aromatic carbocycles. The van der Waals surface area contributed by atoms with Crippen LogP contribution in [0.4, 0.5) is 10.1 Å². The predicted molar refractivity (Wildman–Crippen MR) is 113 cm³/mol. The molecule has 0 unspecified atom stereocenters. The summed E-state index contributed by atoms with van der Waals surface area (Å²) in [5.74, 6) is -0.487. The third-order valence-corrected chi connectivity index (χ3v) is 5.61. The van der Waals surface area contributed by atoms with Gasteiger partial charge in [0, 0.05) is 11.6 Å². The Morgan fingerprint density at radius 3 is 2.72 bits per heavy atom. The van der Waals surface area contributed by atoms with Crippen molar-refractivity contribution in [2.45, 2.75) is 25.7 Å². The lowest BCUT2D eigenvalue weighted by molar-refractivity contribution is 0.102. The minimum absolute atomic E-state index is 0.172. The maximum absolute atomic E-state index is 13.9. The fraction of sp³-hybridized carbons (Fsp3) is 0.273. The molecule has 1 aliphatic heterocycles. The molecule has 7 heteroatoms. The summed E-state index contributed by atoms with van der Waals surface area (Å²) < 4.78 is 15.6. The lowest BCUT2D eigenvalue weighted by Gasteiger charge is -2.25. The van der Waals surface area contributed by atoms with Crippen LogP contribution in [0, 0.1) is 12.7 Å². The number of aromatic nitrogens is 2. The molecule has 150 valence electrons. The van der Waals surface area contributed by atoms with Crippen molar-refractivity contribution in [2.75, 3.05) is 18.4 Å². The van der Waals surface area contributed by atoms with Crippen LogP contribution in [0.1, 0.15) is 40.4 Å². The number of anilines is 1. The number of carbonyl (C=O) groups is 1. The van der Waals surface area contributed by atoms with E-state index in [1.165, 1.54) is 6.07 Å². The van der Waals surface area contributed by atoms with E-state index in [9.17, 15) is 9.18 Å². The molecule has 0 radical (unpaired) electrons. The third-order valence-electron chi connectivity index (χ3n) is 5.29. The molecule has 0 saturated carbocycles. The molecule has 1 amide bonds. The number of carbonyl (C=O) groups excluding carboxylic acids is 1. The van der Waals surface area contributed by atoms with E-state index in [1.807, 2.05) is 18.2 Å². The Kier molecular flexibility index (Phi) is 5.65. The third kappa shape index (κ3) is 4.04. The van der Waals surface area contributed by atoms with Crippen LogP contribution in [0.3, 0.4) is 0 Å². The van der Waals surface area contributed by atoms with Crippen molar-refractivity contribution in [3.05, 3.63) is 76.3 Å². The van der Waals surface area contributed by atoms with Crippen LogP contribution in [-0.2, 0) is 0 Å². The van der Waals surface area contributed by atoms with Crippen molar-refractivity contribution in [1.82, 2.24) is 15.1 Å². The lowest BCUT2D eigenvalue weighted by Crippen LogP contribution is -2.29. The van der Waals surface area contributed by atoms with Crippen molar-refractivity contribution in [1.29, 1.82) is 0 Å². The summed E-state index contributed by atoms with van der Waals surface area (Å²) in [5.41, 5.74) is 3.01. The SMILES string of the molecule is Cc1ccc(NC(=O)c2cnn(-c3ccccc3Cl)c2C2CCNCC2)cc1F. The number of halogens is 2. The van der Waals surface area contributed by atoms with Crippen LogP contribution in [-0.4, -0.2) is 28.8 Å². The van der Waals surface area contributed by atoms with Crippen LogP contribution < -0.4 is 10.6 Å². The van der Waals surface area contributed by atoms with Crippen molar-refractivity contribution >= 4 is 23.2 Å². The number of hydrogen-bond donors (Lipinski definition) is 2. The number of aryl methyl sites for hydroxylation is 1. The van der Waals surface area contributed by atoms with Crippen LogP contribution in [0.2, 0.25) is 5.02 Å². The number of amides is 1. The van der Waals surface area contributed by atoms with E-state index in [4.69, 9.17) is 11.6 Å². The molecule has 1 aromatic heterocycles. The number of hydrogen-bond acceptors (Lipinski definition) is 3. The molecule has 0 atom stereocenters. The second-order valence-corrected chi connectivity index (χ2v) is 7.66. The average Bonchev–Trinajstić information content (AvgIpc) is 3.17. The number of rotatable bonds is 4. The van der Waals surface area contributed by atoms with E-state index in [1.54, 1.807) is 36.0 Å². The zero-order chi connectivity index (χ0) is 20.4. The molecule has 0 aliphatic carbocycles. The molecule has 0 spiro atoms. The van der Waals surface area contributed by atoms with Gasteiger partial charge in [-0.2, -0.15) is 5.10 Å². The maximum Gasteiger partial charge on any atom is 0.259 e. The first kappa shape index (κ1) is 19.6. The largest absolute Gasteiger partial charge is 0.322 e. The van der Waals surface area contributed by atoms with Gasteiger partial charge >= 0.3 is 0 Å². The standard InChI is InChI=1S/C22H22ClFN4O/c1-14-6-7-16(12-19(14)24)27-22(29)17-13-26-28(20-5-3-2-4-18(20)23)21(17)15-8-10-25-11-9-15/h2-7,12-13,15,25H,8-11H2,1H3,(H,27,29). The Balaban J connectivity index is 1.73. The van der Waals surface area contributed by atoms with Gasteiger partial charge in [-0.05, 0) is 62.7 Å². The molecule has 0 bridgehead atoms. The van der Waals surface area contributed by atoms with Gasteiger partial charge in [0.05, 0.1) is 28.2 Å². The fourth-order valence-corrected chi connectivity index (χ4v) is 3.92. The monoisotopic (exact) mass is 412 g/mol. The fourth-order valence-electron chi connectivity index (χ4n) is 3.71. The highest BCUT2D eigenvalue weighted by molar-refractivity contribution is 6.32. The molecule has 1 fully saturated rings. The Hall–Kier alpha value is -2.70. The first-order valence-corrected chi connectivity index (χ1v) is 10.0. The predicted octanol–water partition coefficient (Wildman–Crippen LogP) is 4.69. The van der Waals surface area contributed by atoms with Gasteiger partial charge < -0.3 is 10.6 Å². The molecule has 4 rings (SSSR count). The molecular formula is C22H22ClFN4O. The molecular weight excluding hydrogens is 391 g/mol. The van der Waals surface area contributed by atoms with Gasteiger partial charge in [0.2, 0.25) is 0 Å². The highest BCUT2D eigenvalue weighted by Crippen LogP contribution is 2.32. The van der Waals surface area contributed by atoms with E-state index in [2.05, 4.69) is 15.7 Å². The van der Waals surface area contributed by atoms with Crippen molar-refractivity contribution in [3.8, 4) is 5.69 Å². The van der Waals surface area contributed by atoms with E-state index in [0.29, 0.717) is 21.8 Å². The normalized spacial score (nSPS) is 14.7. The summed E-state index contributed by atoms with van der Waals surface area (Å²) in [4.78, 5) is 13.1. The van der Waals surface area contributed by atoms with Crippen LogP contribution in [0.5, 0.6) is 0 Å². The van der Waals surface area contributed by atoms with Crippen LogP contribution >= 0.6 is 11.6 Å². The maximum atomic E-state index is 13.9. The number of nitrogens with zero attached hydrogens (tertiary/aromatic N) is 2. The second-order valence-electron chi connectivity index (χ2n) is 7.25. The van der Waals surface area contributed by atoms with Crippen LogP contribution in [0.25, 0.3) is 5.69 Å². The lowest BCUT2D eigenvalue weighted by atomic mass is 9.91. The van der Waals surface area contributed by atoms with Crippen molar-refractivity contribution in [3.63, 3.8) is 0 Å². The molecule has 29 heavy (non-hydrogen) atoms. The summed E-state index contributed by atoms with van der Waals surface area (Å²) in [6, 6.07) is 12.1. The Bertz CT molecular complexity index is 1040. The minimum Gasteiger partial charge on any atom is -0.322 e. The summed E-state index contributed by atoms with van der Waals surface area (Å²) in [5, 5.41) is 11.2. The Morgan fingerprint density at radius 2 is 2.00 bits per heavy atom. The average molecular weight is 413 g/mol. The minimum atomic E-state index is -0.354. The van der Waals surface area contributed by atoms with E-state index < -0.39 is 0 Å². The van der Waals surface area contributed by atoms with Gasteiger partial charge in [0.25, 0.3) is 5.91 Å². The van der Waals surface area contributed by atoms with Crippen molar-refractivity contribution < 1.29 is 9.18 Å². The van der Waals surface area contributed by atoms with E-state index in [-0.39, 0.29) is 17.6 Å². The van der Waals surface area contributed by atoms with Gasteiger partial charge in [-0.1, -0.05) is 29.8 Å². The summed E-state index contributed by atoms with van der Waals surface area (Å²) in [7, 11) is 0. The molecule has 1 saturated heterocycles. The number of para-hydroxylation sites is 1. The molecule has 2 N–H and O–H groups in total. The molecule has 3 aromatic rings. The topological polar surface area (TPSA) is 59.0 Å². The zero-order valence-electron chi connectivity index (χ0n) is 16.1. The number of benzene rings is 2. The Labute approximate surface area is 173 Å². The Morgan fingerprint density at radius 1 is 1.24 bits per heavy atom. The highest BCUT2D eigenvalue weighted by atomic mass is 35.5. The highest BCUT2D eigenvalue weighted by Gasteiger charge is 2.27. The van der Waals surface area contributed by atoms with Crippen LogP contribution in [0.15, 0.2) is 48.7 Å². The summed E-state index contributed by atoms with van der Waals surface area (Å²) in [6.45, 7) is 3.44. The van der Waals surface area contributed by atoms with E-state index >= 15 is 0 Å². The van der Waals surface area contributed by atoms with Gasteiger partial charge in [0.1, 0.15) is 5.82 Å². The first-order chi connectivity index (χ1) is 14.0. The van der Waals surface area contributed by atoms with E-state index in [0.717, 1.165) is 37.3 Å². The molecule has 2 heterocycles. The van der Waals surface area contributed by atoms with Gasteiger partial charge in [-0.3, -0.25) is 4.79 Å². The smallest absolute Gasteiger partial charge is 0.259 e.